The van der Waals surface area contributed by atoms with Gasteiger partial charge in [-0.25, -0.2) is 0 Å². The normalized spacial score (nSPS) is 10.2. The van der Waals surface area contributed by atoms with Crippen molar-refractivity contribution in [2.45, 2.75) is 13.8 Å². The molecule has 24 heavy (non-hydrogen) atoms. The lowest BCUT2D eigenvalue weighted by atomic mass is 10.1. The highest BCUT2D eigenvalue weighted by Crippen LogP contribution is 2.35. The van der Waals surface area contributed by atoms with Crippen LogP contribution in [0.1, 0.15) is 11.1 Å². The second kappa shape index (κ2) is 7.93. The average Bonchev–Trinajstić information content (AvgIpc) is 2.54. The maximum absolute atomic E-state index is 12.2. The van der Waals surface area contributed by atoms with Gasteiger partial charge < -0.3 is 20.1 Å². The van der Waals surface area contributed by atoms with Crippen molar-refractivity contribution in [2.75, 3.05) is 31.4 Å². The number of nitrogens with one attached hydrogen (secondary N) is 2. The zero-order valence-electron chi connectivity index (χ0n) is 14.2. The van der Waals surface area contributed by atoms with Crippen molar-refractivity contribution in [1.82, 2.24) is 0 Å². The smallest absolute Gasteiger partial charge is 0.243 e. The summed E-state index contributed by atoms with van der Waals surface area (Å²) in [6.45, 7) is 4.17. The Morgan fingerprint density at radius 3 is 2.38 bits per heavy atom. The number of aryl methyl sites for hydroxylation is 2. The van der Waals surface area contributed by atoms with Crippen LogP contribution in [0.2, 0.25) is 5.02 Å². The van der Waals surface area contributed by atoms with Crippen LogP contribution in [0.5, 0.6) is 11.5 Å². The highest BCUT2D eigenvalue weighted by Gasteiger charge is 2.12. The third kappa shape index (κ3) is 4.32. The first-order chi connectivity index (χ1) is 11.4. The van der Waals surface area contributed by atoms with Gasteiger partial charge in [0.05, 0.1) is 31.5 Å². The molecule has 2 N–H and O–H groups in total. The molecule has 5 nitrogen and oxygen atoms in total. The summed E-state index contributed by atoms with van der Waals surface area (Å²) in [5.41, 5.74) is 3.69. The fourth-order valence-corrected chi connectivity index (χ4v) is 2.58. The van der Waals surface area contributed by atoms with E-state index in [2.05, 4.69) is 16.7 Å². The molecule has 0 saturated heterocycles. The third-order valence-electron chi connectivity index (χ3n) is 3.57. The van der Waals surface area contributed by atoms with E-state index >= 15 is 0 Å². The molecule has 0 unspecified atom stereocenters. The van der Waals surface area contributed by atoms with Gasteiger partial charge in [-0.05, 0) is 31.5 Å². The Balaban J connectivity index is 2.05. The van der Waals surface area contributed by atoms with Crippen LogP contribution in [0.15, 0.2) is 30.3 Å². The highest BCUT2D eigenvalue weighted by atomic mass is 35.5. The summed E-state index contributed by atoms with van der Waals surface area (Å²) in [7, 11) is 3.04. The van der Waals surface area contributed by atoms with Crippen LogP contribution in [0.4, 0.5) is 11.4 Å². The van der Waals surface area contributed by atoms with Crippen LogP contribution in [-0.4, -0.2) is 26.7 Å². The minimum Gasteiger partial charge on any atom is -0.495 e. The maximum atomic E-state index is 12.2. The fraction of sp³-hybridized carbons (Fsp3) is 0.278. The molecular weight excluding hydrogens is 328 g/mol. The molecule has 0 saturated carbocycles. The van der Waals surface area contributed by atoms with Crippen molar-refractivity contribution in [3.05, 3.63) is 46.5 Å². The minimum atomic E-state index is -0.200. The lowest BCUT2D eigenvalue weighted by molar-refractivity contribution is -0.114. The number of halogens is 1. The Bertz CT molecular complexity index is 747. The van der Waals surface area contributed by atoms with Crippen molar-refractivity contribution in [1.29, 1.82) is 0 Å². The molecule has 0 aromatic heterocycles. The molecule has 2 rings (SSSR count). The van der Waals surface area contributed by atoms with Gasteiger partial charge in [-0.3, -0.25) is 4.79 Å². The van der Waals surface area contributed by atoms with Crippen LogP contribution in [-0.2, 0) is 4.79 Å². The van der Waals surface area contributed by atoms with E-state index in [0.29, 0.717) is 22.2 Å². The predicted octanol–water partition coefficient (Wildman–Crippen LogP) is 4.02. The molecule has 0 aliphatic heterocycles. The summed E-state index contributed by atoms with van der Waals surface area (Å²) < 4.78 is 10.4. The molecule has 6 heteroatoms. The highest BCUT2D eigenvalue weighted by molar-refractivity contribution is 6.32. The topological polar surface area (TPSA) is 59.6 Å². The van der Waals surface area contributed by atoms with Crippen LogP contribution in [0.25, 0.3) is 0 Å². The van der Waals surface area contributed by atoms with Gasteiger partial charge in [0, 0.05) is 11.8 Å². The number of hydrogen-bond acceptors (Lipinski definition) is 4. The fourth-order valence-electron chi connectivity index (χ4n) is 2.34. The number of anilines is 2. The van der Waals surface area contributed by atoms with Gasteiger partial charge in [-0.15, -0.1) is 0 Å². The summed E-state index contributed by atoms with van der Waals surface area (Å²) in [4.78, 5) is 12.2. The second-order valence-electron chi connectivity index (χ2n) is 5.41. The molecule has 0 bridgehead atoms. The van der Waals surface area contributed by atoms with E-state index in [1.807, 2.05) is 26.0 Å². The number of carbonyl (C=O) groups excluding carboxylic acids is 1. The molecule has 0 heterocycles. The van der Waals surface area contributed by atoms with Gasteiger partial charge >= 0.3 is 0 Å². The van der Waals surface area contributed by atoms with Gasteiger partial charge in [0.2, 0.25) is 5.91 Å². The van der Waals surface area contributed by atoms with Crippen LogP contribution in [0, 0.1) is 13.8 Å². The Kier molecular flexibility index (Phi) is 5.93. The average molecular weight is 349 g/mol. The molecule has 0 spiro atoms. The summed E-state index contributed by atoms with van der Waals surface area (Å²) in [6, 6.07) is 9.26. The second-order valence-corrected chi connectivity index (χ2v) is 5.81. The minimum absolute atomic E-state index is 0.136. The molecular formula is C18H21ClN2O3. The lowest BCUT2D eigenvalue weighted by Crippen LogP contribution is -2.22. The van der Waals surface area contributed by atoms with Crippen molar-refractivity contribution >= 4 is 28.9 Å². The standard InChI is InChI=1S/C18H21ClN2O3/c1-11-5-6-14(12(2)7-11)20-10-18(22)21-15-8-13(19)16(23-3)9-17(15)24-4/h5-9,20H,10H2,1-4H3,(H,21,22). The van der Waals surface area contributed by atoms with E-state index in [-0.39, 0.29) is 12.5 Å². The molecule has 128 valence electrons. The molecule has 2 aromatic carbocycles. The molecule has 0 aliphatic rings. The molecule has 1 amide bonds. The SMILES string of the molecule is COc1cc(OC)c(NC(=O)CNc2ccc(C)cc2C)cc1Cl. The van der Waals surface area contributed by atoms with Crippen molar-refractivity contribution in [3.63, 3.8) is 0 Å². The van der Waals surface area contributed by atoms with E-state index in [1.165, 1.54) is 19.8 Å². The van der Waals surface area contributed by atoms with Crippen LogP contribution >= 0.6 is 11.6 Å². The van der Waals surface area contributed by atoms with E-state index < -0.39 is 0 Å². The van der Waals surface area contributed by atoms with E-state index in [9.17, 15) is 4.79 Å². The number of carbonyl (C=O) groups is 1. The predicted molar refractivity (Wildman–Crippen MR) is 97.6 cm³/mol. The van der Waals surface area contributed by atoms with Crippen molar-refractivity contribution < 1.29 is 14.3 Å². The van der Waals surface area contributed by atoms with Gasteiger partial charge in [0.15, 0.2) is 0 Å². The van der Waals surface area contributed by atoms with Crippen molar-refractivity contribution in [2.24, 2.45) is 0 Å². The first-order valence-electron chi connectivity index (χ1n) is 7.47. The quantitative estimate of drug-likeness (QED) is 0.827. The lowest BCUT2D eigenvalue weighted by Gasteiger charge is -2.14. The Morgan fingerprint density at radius 2 is 1.75 bits per heavy atom. The number of benzene rings is 2. The van der Waals surface area contributed by atoms with E-state index in [1.54, 1.807) is 12.1 Å². The molecule has 0 atom stereocenters. The number of rotatable bonds is 6. The molecule has 0 aliphatic carbocycles. The van der Waals surface area contributed by atoms with Gasteiger partial charge in [0.25, 0.3) is 0 Å². The zero-order chi connectivity index (χ0) is 17.7. The summed E-state index contributed by atoms with van der Waals surface area (Å²) in [6.07, 6.45) is 0. The maximum Gasteiger partial charge on any atom is 0.243 e. The Morgan fingerprint density at radius 1 is 1.04 bits per heavy atom. The molecule has 2 aromatic rings. The summed E-state index contributed by atoms with van der Waals surface area (Å²) in [5, 5.41) is 6.31. The third-order valence-corrected chi connectivity index (χ3v) is 3.86. The van der Waals surface area contributed by atoms with E-state index in [4.69, 9.17) is 21.1 Å². The number of methoxy groups -OCH3 is 2. The van der Waals surface area contributed by atoms with Gasteiger partial charge in [0.1, 0.15) is 11.5 Å². The Hall–Kier alpha value is -2.40. The first kappa shape index (κ1) is 17.9. The summed E-state index contributed by atoms with van der Waals surface area (Å²) in [5.74, 6) is 0.769. The van der Waals surface area contributed by atoms with Crippen molar-refractivity contribution in [3.8, 4) is 11.5 Å². The van der Waals surface area contributed by atoms with Crippen LogP contribution < -0.4 is 20.1 Å². The van der Waals surface area contributed by atoms with E-state index in [0.717, 1.165) is 11.3 Å². The number of amides is 1. The van der Waals surface area contributed by atoms with Gasteiger partial charge in [-0.1, -0.05) is 29.3 Å². The van der Waals surface area contributed by atoms with Gasteiger partial charge in [-0.2, -0.15) is 0 Å². The molecule has 0 fully saturated rings. The number of ether oxygens (including phenoxy) is 2. The first-order valence-corrected chi connectivity index (χ1v) is 7.85. The van der Waals surface area contributed by atoms with Crippen LogP contribution in [0.3, 0.4) is 0 Å². The number of hydrogen-bond donors (Lipinski definition) is 2. The monoisotopic (exact) mass is 348 g/mol. The summed E-state index contributed by atoms with van der Waals surface area (Å²) >= 11 is 6.10. The zero-order valence-corrected chi connectivity index (χ0v) is 15.0. The largest absolute Gasteiger partial charge is 0.495 e. The Labute approximate surface area is 146 Å². The molecule has 0 radical (unpaired) electrons.